The van der Waals surface area contributed by atoms with Gasteiger partial charge in [0.15, 0.2) is 0 Å². The molecular formula is C16H24ClN3O3. The molecule has 2 atom stereocenters. The van der Waals surface area contributed by atoms with Crippen LogP contribution in [0.4, 0.5) is 5.82 Å². The number of rotatable bonds is 4. The minimum absolute atomic E-state index is 0.0473. The molecular weight excluding hydrogens is 318 g/mol. The van der Waals surface area contributed by atoms with Gasteiger partial charge in [0.2, 0.25) is 5.28 Å². The Hall–Kier alpha value is -1.40. The van der Waals surface area contributed by atoms with Crippen molar-refractivity contribution in [1.29, 1.82) is 0 Å². The van der Waals surface area contributed by atoms with Gasteiger partial charge in [0, 0.05) is 11.8 Å². The highest BCUT2D eigenvalue weighted by atomic mass is 35.5. The van der Waals surface area contributed by atoms with Gasteiger partial charge in [0.25, 0.3) is 0 Å². The average Bonchev–Trinajstić information content (AvgIpc) is 2.70. The van der Waals surface area contributed by atoms with E-state index in [4.69, 9.17) is 16.3 Å². The summed E-state index contributed by atoms with van der Waals surface area (Å²) in [5.41, 5.74) is -0.750. The first-order valence-electron chi connectivity index (χ1n) is 7.79. The van der Waals surface area contributed by atoms with E-state index in [-0.39, 0.29) is 23.7 Å². The standard InChI is InChI=1S/C16H24ClN3O3/c1-15(2,3)23-12(21)8-10-9-18-14(17)20-13(10)19-11-6-5-7-16(11,4)22/h9,11,22H,5-8H2,1-4H3,(H,18,19,20)/t11?,16-/m0/s1. The van der Waals surface area contributed by atoms with Crippen molar-refractivity contribution in [2.45, 2.75) is 70.6 Å². The number of ether oxygens (including phenoxy) is 1. The summed E-state index contributed by atoms with van der Waals surface area (Å²) in [6.07, 6.45) is 4.06. The number of carbonyl (C=O) groups is 1. The van der Waals surface area contributed by atoms with Crippen molar-refractivity contribution >= 4 is 23.4 Å². The van der Waals surface area contributed by atoms with Crippen molar-refractivity contribution in [2.75, 3.05) is 5.32 Å². The third-order valence-electron chi connectivity index (χ3n) is 3.83. The molecule has 0 spiro atoms. The van der Waals surface area contributed by atoms with Gasteiger partial charge in [0.05, 0.1) is 18.1 Å². The number of aromatic nitrogens is 2. The van der Waals surface area contributed by atoms with Gasteiger partial charge < -0.3 is 15.2 Å². The van der Waals surface area contributed by atoms with Gasteiger partial charge in [-0.2, -0.15) is 0 Å². The third-order valence-corrected chi connectivity index (χ3v) is 4.01. The van der Waals surface area contributed by atoms with E-state index in [0.29, 0.717) is 11.4 Å². The highest BCUT2D eigenvalue weighted by Crippen LogP contribution is 2.32. The minimum atomic E-state index is -0.805. The lowest BCUT2D eigenvalue weighted by molar-refractivity contribution is -0.153. The first-order chi connectivity index (χ1) is 10.6. The Bertz CT molecular complexity index is 584. The van der Waals surface area contributed by atoms with Gasteiger partial charge in [-0.3, -0.25) is 4.79 Å². The highest BCUT2D eigenvalue weighted by molar-refractivity contribution is 6.28. The lowest BCUT2D eigenvalue weighted by Crippen LogP contribution is -2.40. The molecule has 6 nitrogen and oxygen atoms in total. The molecule has 1 unspecified atom stereocenters. The zero-order chi connectivity index (χ0) is 17.3. The predicted molar refractivity (Wildman–Crippen MR) is 88.5 cm³/mol. The van der Waals surface area contributed by atoms with Gasteiger partial charge in [-0.25, -0.2) is 9.97 Å². The van der Waals surface area contributed by atoms with Crippen LogP contribution in [0.15, 0.2) is 6.20 Å². The molecule has 7 heteroatoms. The van der Waals surface area contributed by atoms with E-state index in [9.17, 15) is 9.90 Å². The molecule has 1 aliphatic rings. The zero-order valence-electron chi connectivity index (χ0n) is 14.0. The second-order valence-corrected chi connectivity index (χ2v) is 7.56. The molecule has 2 rings (SSSR count). The van der Waals surface area contributed by atoms with Crippen LogP contribution in [0, 0.1) is 0 Å². The number of nitrogens with zero attached hydrogens (tertiary/aromatic N) is 2. The molecule has 1 saturated carbocycles. The average molecular weight is 342 g/mol. The normalized spacial score (nSPS) is 24.5. The van der Waals surface area contributed by atoms with Gasteiger partial charge >= 0.3 is 5.97 Å². The van der Waals surface area contributed by atoms with E-state index in [1.54, 1.807) is 6.92 Å². The molecule has 0 saturated heterocycles. The maximum Gasteiger partial charge on any atom is 0.310 e. The summed E-state index contributed by atoms with van der Waals surface area (Å²) in [7, 11) is 0. The molecule has 1 aliphatic carbocycles. The molecule has 1 heterocycles. The lowest BCUT2D eigenvalue weighted by atomic mass is 10.0. The van der Waals surface area contributed by atoms with E-state index < -0.39 is 11.2 Å². The molecule has 1 fully saturated rings. The van der Waals surface area contributed by atoms with Crippen LogP contribution >= 0.6 is 11.6 Å². The van der Waals surface area contributed by atoms with Crippen LogP contribution in [0.1, 0.15) is 52.5 Å². The molecule has 0 aromatic carbocycles. The van der Waals surface area contributed by atoms with E-state index in [2.05, 4.69) is 15.3 Å². The van der Waals surface area contributed by atoms with Crippen LogP contribution in [0.3, 0.4) is 0 Å². The highest BCUT2D eigenvalue weighted by Gasteiger charge is 2.37. The molecule has 128 valence electrons. The molecule has 0 bridgehead atoms. The number of esters is 1. The second kappa shape index (κ2) is 6.61. The smallest absolute Gasteiger partial charge is 0.310 e. The summed E-state index contributed by atoms with van der Waals surface area (Å²) in [4.78, 5) is 20.2. The topological polar surface area (TPSA) is 84.3 Å². The Balaban J connectivity index is 2.16. The summed E-state index contributed by atoms with van der Waals surface area (Å²) in [5.74, 6) is 0.118. The SMILES string of the molecule is CC(C)(C)OC(=O)Cc1cnc(Cl)nc1NC1CCC[C@]1(C)O. The first-order valence-corrected chi connectivity index (χ1v) is 8.17. The molecule has 2 N–H and O–H groups in total. The Kier molecular flexibility index (Phi) is 5.16. The van der Waals surface area contributed by atoms with Gasteiger partial charge in [-0.05, 0) is 58.6 Å². The van der Waals surface area contributed by atoms with Crippen molar-refractivity contribution < 1.29 is 14.6 Å². The zero-order valence-corrected chi connectivity index (χ0v) is 14.8. The van der Waals surface area contributed by atoms with E-state index in [1.807, 2.05) is 20.8 Å². The van der Waals surface area contributed by atoms with Gasteiger partial charge in [0.1, 0.15) is 11.4 Å². The number of aliphatic hydroxyl groups is 1. The molecule has 23 heavy (non-hydrogen) atoms. The maximum absolute atomic E-state index is 12.0. The number of hydrogen-bond acceptors (Lipinski definition) is 6. The molecule has 0 aliphatic heterocycles. The minimum Gasteiger partial charge on any atom is -0.460 e. The van der Waals surface area contributed by atoms with Crippen molar-refractivity contribution in [2.24, 2.45) is 0 Å². The maximum atomic E-state index is 12.0. The molecule has 0 amide bonds. The summed E-state index contributed by atoms with van der Waals surface area (Å²) < 4.78 is 5.33. The number of halogens is 1. The van der Waals surface area contributed by atoms with Crippen LogP contribution in [0.2, 0.25) is 5.28 Å². The quantitative estimate of drug-likeness (QED) is 0.647. The largest absolute Gasteiger partial charge is 0.460 e. The predicted octanol–water partition coefficient (Wildman–Crippen LogP) is 2.73. The number of carbonyl (C=O) groups excluding carboxylic acids is 1. The van der Waals surface area contributed by atoms with Crippen molar-refractivity contribution in [3.05, 3.63) is 17.0 Å². The van der Waals surface area contributed by atoms with Gasteiger partial charge in [-0.15, -0.1) is 0 Å². The Morgan fingerprint density at radius 2 is 2.26 bits per heavy atom. The van der Waals surface area contributed by atoms with E-state index in [1.165, 1.54) is 6.20 Å². The Labute approximate surface area is 141 Å². The summed E-state index contributed by atoms with van der Waals surface area (Å²) in [5, 5.41) is 13.7. The Morgan fingerprint density at radius 1 is 1.57 bits per heavy atom. The summed E-state index contributed by atoms with van der Waals surface area (Å²) in [6, 6.07) is -0.133. The van der Waals surface area contributed by atoms with E-state index >= 15 is 0 Å². The molecule has 1 aromatic rings. The molecule has 1 aromatic heterocycles. The summed E-state index contributed by atoms with van der Waals surface area (Å²) in [6.45, 7) is 7.25. The van der Waals surface area contributed by atoms with Crippen LogP contribution in [0.5, 0.6) is 0 Å². The van der Waals surface area contributed by atoms with Crippen molar-refractivity contribution in [1.82, 2.24) is 9.97 Å². The van der Waals surface area contributed by atoms with Crippen LogP contribution in [0.25, 0.3) is 0 Å². The fraction of sp³-hybridized carbons (Fsp3) is 0.688. The number of nitrogens with one attached hydrogen (secondary N) is 1. The third kappa shape index (κ3) is 5.04. The fourth-order valence-corrected chi connectivity index (χ4v) is 2.85. The van der Waals surface area contributed by atoms with E-state index in [0.717, 1.165) is 19.3 Å². The Morgan fingerprint density at radius 3 is 2.83 bits per heavy atom. The monoisotopic (exact) mass is 341 g/mol. The number of anilines is 1. The van der Waals surface area contributed by atoms with Crippen LogP contribution < -0.4 is 5.32 Å². The number of hydrogen-bond donors (Lipinski definition) is 2. The second-order valence-electron chi connectivity index (χ2n) is 7.22. The fourth-order valence-electron chi connectivity index (χ4n) is 2.71. The van der Waals surface area contributed by atoms with Crippen LogP contribution in [-0.4, -0.2) is 38.3 Å². The van der Waals surface area contributed by atoms with Crippen molar-refractivity contribution in [3.63, 3.8) is 0 Å². The van der Waals surface area contributed by atoms with Crippen LogP contribution in [-0.2, 0) is 16.0 Å². The first kappa shape index (κ1) is 17.9. The van der Waals surface area contributed by atoms with Gasteiger partial charge in [-0.1, -0.05) is 0 Å². The summed E-state index contributed by atoms with van der Waals surface area (Å²) >= 11 is 5.88. The van der Waals surface area contributed by atoms with Crippen molar-refractivity contribution in [3.8, 4) is 0 Å². The lowest BCUT2D eigenvalue weighted by Gasteiger charge is -2.27. The molecule has 0 radical (unpaired) electrons.